The van der Waals surface area contributed by atoms with Crippen molar-refractivity contribution in [1.29, 1.82) is 0 Å². The Labute approximate surface area is 120 Å². The molecule has 7 nitrogen and oxygen atoms in total. The van der Waals surface area contributed by atoms with E-state index in [0.29, 0.717) is 11.3 Å². The normalized spacial score (nSPS) is 10.3. The van der Waals surface area contributed by atoms with E-state index >= 15 is 0 Å². The Morgan fingerprint density at radius 3 is 2.48 bits per heavy atom. The third-order valence-corrected chi connectivity index (χ3v) is 2.53. The average molecular weight is 284 g/mol. The molecular weight excluding hydrogens is 272 g/mol. The Balaban J connectivity index is 1.97. The minimum Gasteiger partial charge on any atom is -0.307 e. The number of rotatable bonds is 4. The summed E-state index contributed by atoms with van der Waals surface area (Å²) >= 11 is 0. The highest BCUT2D eigenvalue weighted by Crippen LogP contribution is 2.15. The van der Waals surface area contributed by atoms with Crippen LogP contribution in [0.3, 0.4) is 0 Å². The lowest BCUT2D eigenvalue weighted by Gasteiger charge is -2.03. The number of anilines is 1. The zero-order valence-electron chi connectivity index (χ0n) is 10.9. The Morgan fingerprint density at radius 1 is 1.10 bits per heavy atom. The summed E-state index contributed by atoms with van der Waals surface area (Å²) in [5, 5.41) is 17.1. The molecule has 2 rings (SSSR count). The molecule has 0 heterocycles. The number of hydrogen-bond donors (Lipinski definition) is 2. The molecule has 0 aliphatic carbocycles. The van der Waals surface area contributed by atoms with E-state index in [9.17, 15) is 14.9 Å². The molecule has 2 N–H and O–H groups in total. The second-order valence-corrected chi connectivity index (χ2v) is 4.01. The van der Waals surface area contributed by atoms with E-state index < -0.39 is 11.0 Å². The Morgan fingerprint density at radius 2 is 1.76 bits per heavy atom. The number of benzene rings is 2. The number of urea groups is 1. The maximum absolute atomic E-state index is 11.6. The number of nitrogens with zero attached hydrogens (tertiary/aromatic N) is 2. The quantitative estimate of drug-likeness (QED) is 0.513. The summed E-state index contributed by atoms with van der Waals surface area (Å²) in [6, 6.07) is 14.4. The highest BCUT2D eigenvalue weighted by Gasteiger charge is 2.09. The predicted octanol–water partition coefficient (Wildman–Crippen LogP) is 2.75. The van der Waals surface area contributed by atoms with Gasteiger partial charge in [-0.3, -0.25) is 10.1 Å². The maximum atomic E-state index is 11.6. The van der Waals surface area contributed by atoms with Crippen LogP contribution in [-0.2, 0) is 0 Å². The molecule has 0 spiro atoms. The van der Waals surface area contributed by atoms with Gasteiger partial charge in [0.25, 0.3) is 5.69 Å². The van der Waals surface area contributed by atoms with E-state index in [-0.39, 0.29) is 5.69 Å². The number of nitro groups is 1. The zero-order valence-corrected chi connectivity index (χ0v) is 10.9. The topological polar surface area (TPSA) is 96.6 Å². The van der Waals surface area contributed by atoms with Crippen molar-refractivity contribution in [3.63, 3.8) is 0 Å². The van der Waals surface area contributed by atoms with E-state index in [1.807, 2.05) is 6.07 Å². The van der Waals surface area contributed by atoms with Gasteiger partial charge in [-0.1, -0.05) is 30.3 Å². The van der Waals surface area contributed by atoms with Crippen LogP contribution in [0.5, 0.6) is 0 Å². The number of hydrogen-bond acceptors (Lipinski definition) is 4. The molecule has 0 fully saturated rings. The standard InChI is InChI=1S/C14H12N4O3/c19-14(16-12-7-2-1-3-8-12)17-15-10-11-6-4-5-9-13(11)18(20)21/h1-10H,(H2,16,17,19). The number of carbonyl (C=O) groups is 1. The van der Waals surface area contributed by atoms with Gasteiger partial charge in [0.15, 0.2) is 0 Å². The van der Waals surface area contributed by atoms with Crippen molar-refractivity contribution in [3.8, 4) is 0 Å². The van der Waals surface area contributed by atoms with Gasteiger partial charge in [0.1, 0.15) is 0 Å². The molecule has 0 aliphatic rings. The summed E-state index contributed by atoms with van der Waals surface area (Å²) in [7, 11) is 0. The van der Waals surface area contributed by atoms with Crippen LogP contribution in [0.25, 0.3) is 0 Å². The molecule has 0 atom stereocenters. The SMILES string of the molecule is O=C(NN=Cc1ccccc1[N+](=O)[O-])Nc1ccccc1. The zero-order chi connectivity index (χ0) is 15.1. The average Bonchev–Trinajstić information content (AvgIpc) is 2.48. The number of amides is 2. The molecule has 0 radical (unpaired) electrons. The Kier molecular flexibility index (Phi) is 4.60. The summed E-state index contributed by atoms with van der Waals surface area (Å²) in [4.78, 5) is 21.8. The number of nitro benzene ring substituents is 1. The van der Waals surface area contributed by atoms with Crippen molar-refractivity contribution in [1.82, 2.24) is 5.43 Å². The lowest BCUT2D eigenvalue weighted by atomic mass is 10.2. The second-order valence-electron chi connectivity index (χ2n) is 4.01. The summed E-state index contributed by atoms with van der Waals surface area (Å²) in [5.74, 6) is 0. The van der Waals surface area contributed by atoms with Crippen LogP contribution in [0.15, 0.2) is 59.7 Å². The van der Waals surface area contributed by atoms with Gasteiger partial charge < -0.3 is 5.32 Å². The first kappa shape index (κ1) is 14.2. The van der Waals surface area contributed by atoms with Gasteiger partial charge in [0.2, 0.25) is 0 Å². The molecule has 106 valence electrons. The van der Waals surface area contributed by atoms with Gasteiger partial charge in [-0.15, -0.1) is 0 Å². The second kappa shape index (κ2) is 6.80. The molecule has 2 aromatic carbocycles. The fraction of sp³-hybridized carbons (Fsp3) is 0. The van der Waals surface area contributed by atoms with Crippen molar-refractivity contribution in [2.24, 2.45) is 5.10 Å². The molecular formula is C14H12N4O3. The van der Waals surface area contributed by atoms with Gasteiger partial charge in [0, 0.05) is 11.8 Å². The summed E-state index contributed by atoms with van der Waals surface area (Å²) in [6.07, 6.45) is 1.22. The first-order valence-corrected chi connectivity index (χ1v) is 6.05. The van der Waals surface area contributed by atoms with E-state index in [2.05, 4.69) is 15.8 Å². The molecule has 0 aliphatic heterocycles. The Hall–Kier alpha value is -3.22. The third kappa shape index (κ3) is 4.13. The molecule has 21 heavy (non-hydrogen) atoms. The summed E-state index contributed by atoms with van der Waals surface area (Å²) in [5.41, 5.74) is 3.09. The van der Waals surface area contributed by atoms with Gasteiger partial charge in [-0.2, -0.15) is 5.10 Å². The minimum atomic E-state index is -0.531. The van der Waals surface area contributed by atoms with Crippen LogP contribution >= 0.6 is 0 Å². The van der Waals surface area contributed by atoms with Crippen LogP contribution in [0.2, 0.25) is 0 Å². The predicted molar refractivity (Wildman–Crippen MR) is 79.3 cm³/mol. The van der Waals surface area contributed by atoms with Crippen molar-refractivity contribution in [2.75, 3.05) is 5.32 Å². The van der Waals surface area contributed by atoms with Crippen LogP contribution < -0.4 is 10.7 Å². The molecule has 0 saturated carbocycles. The van der Waals surface area contributed by atoms with E-state index in [1.54, 1.807) is 42.5 Å². The third-order valence-electron chi connectivity index (χ3n) is 2.53. The molecule has 2 aromatic rings. The molecule has 0 aromatic heterocycles. The van der Waals surface area contributed by atoms with Gasteiger partial charge in [0.05, 0.1) is 16.7 Å². The first-order valence-electron chi connectivity index (χ1n) is 6.05. The van der Waals surface area contributed by atoms with E-state index in [4.69, 9.17) is 0 Å². The van der Waals surface area contributed by atoms with Crippen LogP contribution in [0, 0.1) is 10.1 Å². The minimum absolute atomic E-state index is 0.0773. The number of nitrogens with one attached hydrogen (secondary N) is 2. The van der Waals surface area contributed by atoms with Crippen LogP contribution in [0.1, 0.15) is 5.56 Å². The summed E-state index contributed by atoms with van der Waals surface area (Å²) in [6.45, 7) is 0. The highest BCUT2D eigenvalue weighted by atomic mass is 16.6. The van der Waals surface area contributed by atoms with Gasteiger partial charge in [-0.05, 0) is 18.2 Å². The molecule has 2 amide bonds. The van der Waals surface area contributed by atoms with Crippen molar-refractivity contribution in [3.05, 3.63) is 70.3 Å². The molecule has 0 unspecified atom stereocenters. The van der Waals surface area contributed by atoms with E-state index in [1.165, 1.54) is 12.3 Å². The molecule has 7 heteroatoms. The number of para-hydroxylation sites is 2. The lowest BCUT2D eigenvalue weighted by molar-refractivity contribution is -0.385. The van der Waals surface area contributed by atoms with Gasteiger partial charge >= 0.3 is 6.03 Å². The smallest absolute Gasteiger partial charge is 0.307 e. The van der Waals surface area contributed by atoms with Gasteiger partial charge in [-0.25, -0.2) is 10.2 Å². The van der Waals surface area contributed by atoms with Crippen molar-refractivity contribution >= 4 is 23.6 Å². The summed E-state index contributed by atoms with van der Waals surface area (Å²) < 4.78 is 0. The largest absolute Gasteiger partial charge is 0.339 e. The number of hydrazone groups is 1. The Bertz CT molecular complexity index is 671. The molecule has 0 saturated heterocycles. The maximum Gasteiger partial charge on any atom is 0.339 e. The molecule has 0 bridgehead atoms. The first-order chi connectivity index (χ1) is 10.2. The number of carbonyl (C=O) groups excluding carboxylic acids is 1. The van der Waals surface area contributed by atoms with E-state index in [0.717, 1.165) is 0 Å². The van der Waals surface area contributed by atoms with Crippen LogP contribution in [-0.4, -0.2) is 17.2 Å². The van der Waals surface area contributed by atoms with Crippen LogP contribution in [0.4, 0.5) is 16.2 Å². The van der Waals surface area contributed by atoms with Crippen molar-refractivity contribution < 1.29 is 9.72 Å². The van der Waals surface area contributed by atoms with Crippen molar-refractivity contribution in [2.45, 2.75) is 0 Å². The lowest BCUT2D eigenvalue weighted by Crippen LogP contribution is -2.24. The monoisotopic (exact) mass is 284 g/mol. The fourth-order valence-corrected chi connectivity index (χ4v) is 1.60. The highest BCUT2D eigenvalue weighted by molar-refractivity contribution is 5.91. The fourth-order valence-electron chi connectivity index (χ4n) is 1.60.